The summed E-state index contributed by atoms with van der Waals surface area (Å²) in [5.41, 5.74) is 1.17. The lowest BCUT2D eigenvalue weighted by molar-refractivity contribution is -0.119. The second-order valence-electron chi connectivity index (χ2n) is 8.65. The lowest BCUT2D eigenvalue weighted by Gasteiger charge is -2.38. The lowest BCUT2D eigenvalue weighted by atomic mass is 9.96. The Morgan fingerprint density at radius 2 is 1.79 bits per heavy atom. The van der Waals surface area contributed by atoms with Gasteiger partial charge >= 0.3 is 0 Å². The van der Waals surface area contributed by atoms with Crippen LogP contribution in [0.4, 0.5) is 0 Å². The molecule has 1 aliphatic heterocycles. The fourth-order valence-corrected chi connectivity index (χ4v) is 4.51. The van der Waals surface area contributed by atoms with Crippen LogP contribution in [0.15, 0.2) is 30.3 Å². The minimum absolute atomic E-state index is 0.0223. The second-order valence-corrected chi connectivity index (χ2v) is 8.65. The molecule has 1 fully saturated rings. The minimum atomic E-state index is 0.0223. The maximum absolute atomic E-state index is 11.7. The molecule has 2 heterocycles. The van der Waals surface area contributed by atoms with E-state index in [4.69, 9.17) is 0 Å². The molecule has 1 unspecified atom stereocenters. The number of likely N-dealkylation sites (tertiary alicyclic amines) is 1. The van der Waals surface area contributed by atoms with Gasteiger partial charge in [-0.15, -0.1) is 10.2 Å². The van der Waals surface area contributed by atoms with Crippen molar-refractivity contribution >= 4 is 5.91 Å². The summed E-state index contributed by atoms with van der Waals surface area (Å²) in [5.74, 6) is 2.53. The summed E-state index contributed by atoms with van der Waals surface area (Å²) in [6.07, 6.45) is 3.13. The van der Waals surface area contributed by atoms with Gasteiger partial charge in [0.15, 0.2) is 0 Å². The molecule has 29 heavy (non-hydrogen) atoms. The van der Waals surface area contributed by atoms with Crippen molar-refractivity contribution in [2.75, 3.05) is 13.1 Å². The first kappa shape index (κ1) is 21.5. The van der Waals surface area contributed by atoms with E-state index in [1.165, 1.54) is 5.56 Å². The molecule has 2 aromatic rings. The van der Waals surface area contributed by atoms with E-state index in [1.807, 2.05) is 18.2 Å². The quantitative estimate of drug-likeness (QED) is 0.767. The summed E-state index contributed by atoms with van der Waals surface area (Å²) in [6, 6.07) is 11.2. The lowest BCUT2D eigenvalue weighted by Crippen LogP contribution is -2.43. The Balaban J connectivity index is 1.63. The average molecular weight is 398 g/mol. The van der Waals surface area contributed by atoms with Gasteiger partial charge in [-0.25, -0.2) is 0 Å². The molecule has 1 saturated heterocycles. The number of amides is 1. The number of piperidine rings is 1. The molecule has 2 atom stereocenters. The van der Waals surface area contributed by atoms with Crippen LogP contribution < -0.4 is 5.32 Å². The van der Waals surface area contributed by atoms with Crippen LogP contribution in [0.1, 0.15) is 82.2 Å². The Morgan fingerprint density at radius 1 is 1.14 bits per heavy atom. The normalized spacial score (nSPS) is 18.0. The summed E-state index contributed by atoms with van der Waals surface area (Å²) < 4.78 is 2.36. The zero-order valence-electron chi connectivity index (χ0n) is 18.4. The number of nitrogens with zero attached hydrogens (tertiary/aromatic N) is 4. The van der Waals surface area contributed by atoms with Gasteiger partial charge in [0, 0.05) is 38.0 Å². The average Bonchev–Trinajstić information content (AvgIpc) is 3.09. The highest BCUT2D eigenvalue weighted by molar-refractivity contribution is 5.73. The molecule has 158 valence electrons. The molecule has 3 rings (SSSR count). The first-order valence-electron chi connectivity index (χ1n) is 10.8. The molecule has 0 aliphatic carbocycles. The van der Waals surface area contributed by atoms with Crippen LogP contribution in [-0.2, 0) is 4.79 Å². The molecular weight excluding hydrogens is 362 g/mol. The van der Waals surface area contributed by atoms with Crippen molar-refractivity contribution in [2.45, 2.75) is 77.9 Å². The number of hydrogen-bond donors (Lipinski definition) is 1. The van der Waals surface area contributed by atoms with E-state index in [1.54, 1.807) is 6.92 Å². The van der Waals surface area contributed by atoms with Crippen molar-refractivity contribution in [3.8, 4) is 0 Å². The third-order valence-corrected chi connectivity index (χ3v) is 6.05. The van der Waals surface area contributed by atoms with Crippen LogP contribution in [0.25, 0.3) is 0 Å². The van der Waals surface area contributed by atoms with Gasteiger partial charge < -0.3 is 14.8 Å². The predicted octanol–water partition coefficient (Wildman–Crippen LogP) is 4.00. The Hall–Kier alpha value is -2.21. The Kier molecular flexibility index (Phi) is 7.06. The van der Waals surface area contributed by atoms with E-state index in [-0.39, 0.29) is 11.9 Å². The van der Waals surface area contributed by atoms with Gasteiger partial charge in [0.2, 0.25) is 5.91 Å². The van der Waals surface area contributed by atoms with Crippen molar-refractivity contribution in [1.82, 2.24) is 25.0 Å². The van der Waals surface area contributed by atoms with Crippen molar-refractivity contribution in [2.24, 2.45) is 0 Å². The maximum atomic E-state index is 11.7. The maximum Gasteiger partial charge on any atom is 0.217 e. The Morgan fingerprint density at radius 3 is 2.38 bits per heavy atom. The molecule has 1 aromatic heterocycles. The van der Waals surface area contributed by atoms with Crippen LogP contribution in [-0.4, -0.2) is 44.7 Å². The van der Waals surface area contributed by atoms with Gasteiger partial charge in [-0.3, -0.25) is 4.79 Å². The summed E-state index contributed by atoms with van der Waals surface area (Å²) in [4.78, 5) is 14.3. The molecule has 6 heteroatoms. The molecule has 0 bridgehead atoms. The van der Waals surface area contributed by atoms with Gasteiger partial charge in [-0.2, -0.15) is 0 Å². The zero-order chi connectivity index (χ0) is 21.0. The number of aromatic nitrogens is 3. The number of hydrogen-bond acceptors (Lipinski definition) is 4. The number of aryl methyl sites for hydroxylation is 1. The largest absolute Gasteiger partial charge is 0.349 e. The van der Waals surface area contributed by atoms with E-state index >= 15 is 0 Å². The van der Waals surface area contributed by atoms with E-state index in [0.717, 1.165) is 44.0 Å². The van der Waals surface area contributed by atoms with E-state index in [2.05, 4.69) is 64.8 Å². The van der Waals surface area contributed by atoms with Gasteiger partial charge in [0.1, 0.15) is 11.6 Å². The molecular formula is C23H35N5O. The van der Waals surface area contributed by atoms with Crippen LogP contribution in [0.5, 0.6) is 0 Å². The first-order chi connectivity index (χ1) is 13.9. The highest BCUT2D eigenvalue weighted by Gasteiger charge is 2.28. The monoisotopic (exact) mass is 397 g/mol. The Bertz CT molecular complexity index is 793. The molecule has 6 nitrogen and oxygen atoms in total. The number of rotatable bonds is 7. The number of carbonyl (C=O) groups excluding carboxylic acids is 1. The standard InChI is InChI=1S/C23H35N5O/c1-16(2)23-26-25-18(4)28(23)21-11-13-27(14-12-21)17(3)15-22(24-19(5)29)20-9-7-6-8-10-20/h6-10,16-17,21-22H,11-15H2,1-5H3,(H,24,29)/t17?,22-/m0/s1. The summed E-state index contributed by atoms with van der Waals surface area (Å²) in [5, 5.41) is 11.9. The van der Waals surface area contributed by atoms with Gasteiger partial charge in [0.05, 0.1) is 6.04 Å². The van der Waals surface area contributed by atoms with E-state index < -0.39 is 0 Å². The van der Waals surface area contributed by atoms with Crippen LogP contribution >= 0.6 is 0 Å². The molecule has 1 N–H and O–H groups in total. The first-order valence-corrected chi connectivity index (χ1v) is 10.8. The highest BCUT2D eigenvalue weighted by Crippen LogP contribution is 2.30. The molecule has 1 aliphatic rings. The predicted molar refractivity (Wildman–Crippen MR) is 116 cm³/mol. The molecule has 1 aromatic carbocycles. The Labute approximate surface area is 174 Å². The third-order valence-electron chi connectivity index (χ3n) is 6.05. The van der Waals surface area contributed by atoms with Gasteiger partial charge in [-0.05, 0) is 38.7 Å². The molecule has 0 radical (unpaired) electrons. The van der Waals surface area contributed by atoms with Crippen molar-refractivity contribution in [3.63, 3.8) is 0 Å². The second kappa shape index (κ2) is 9.53. The van der Waals surface area contributed by atoms with Crippen molar-refractivity contribution in [1.29, 1.82) is 0 Å². The minimum Gasteiger partial charge on any atom is -0.349 e. The number of benzene rings is 1. The van der Waals surface area contributed by atoms with Crippen LogP contribution in [0, 0.1) is 6.92 Å². The van der Waals surface area contributed by atoms with Crippen LogP contribution in [0.3, 0.4) is 0 Å². The molecule has 1 amide bonds. The highest BCUT2D eigenvalue weighted by atomic mass is 16.1. The fraction of sp³-hybridized carbons (Fsp3) is 0.609. The third kappa shape index (κ3) is 5.24. The van der Waals surface area contributed by atoms with Crippen molar-refractivity contribution in [3.05, 3.63) is 47.5 Å². The molecule has 0 spiro atoms. The SMILES string of the molecule is CC(=O)N[C@@H](CC(C)N1CCC(n2c(C)nnc2C(C)C)CC1)c1ccccc1. The smallest absolute Gasteiger partial charge is 0.217 e. The van der Waals surface area contributed by atoms with Gasteiger partial charge in [0.25, 0.3) is 0 Å². The van der Waals surface area contributed by atoms with Crippen LogP contribution in [0.2, 0.25) is 0 Å². The van der Waals surface area contributed by atoms with E-state index in [9.17, 15) is 4.79 Å². The van der Waals surface area contributed by atoms with Gasteiger partial charge in [-0.1, -0.05) is 44.2 Å². The number of nitrogens with one attached hydrogen (secondary N) is 1. The summed E-state index contributed by atoms with van der Waals surface area (Å²) in [6.45, 7) is 12.4. The zero-order valence-corrected chi connectivity index (χ0v) is 18.4. The molecule has 0 saturated carbocycles. The van der Waals surface area contributed by atoms with E-state index in [0.29, 0.717) is 18.0 Å². The van der Waals surface area contributed by atoms with Crippen molar-refractivity contribution < 1.29 is 4.79 Å². The topological polar surface area (TPSA) is 63.1 Å². The number of carbonyl (C=O) groups is 1. The summed E-state index contributed by atoms with van der Waals surface area (Å²) >= 11 is 0. The fourth-order valence-electron chi connectivity index (χ4n) is 4.51. The summed E-state index contributed by atoms with van der Waals surface area (Å²) in [7, 11) is 0.